The van der Waals surface area contributed by atoms with Crippen LogP contribution in [0.4, 0.5) is 0 Å². The van der Waals surface area contributed by atoms with E-state index in [2.05, 4.69) is 24.9 Å². The Bertz CT molecular complexity index is 737. The Labute approximate surface area is 155 Å². The van der Waals surface area contributed by atoms with E-state index in [4.69, 9.17) is 14.2 Å². The predicted octanol–water partition coefficient (Wildman–Crippen LogP) is 2.83. The molecule has 1 aromatic rings. The zero-order chi connectivity index (χ0) is 18.1. The fourth-order valence-corrected chi connectivity index (χ4v) is 6.39. The third kappa shape index (κ3) is 2.14. The van der Waals surface area contributed by atoms with Crippen LogP contribution in [0.1, 0.15) is 43.7 Å². The number of hydrogen-bond donors (Lipinski definition) is 1. The van der Waals surface area contributed by atoms with Crippen molar-refractivity contribution in [3.8, 4) is 11.5 Å². The summed E-state index contributed by atoms with van der Waals surface area (Å²) in [6.45, 7) is 3.80. The molecule has 2 aliphatic heterocycles. The summed E-state index contributed by atoms with van der Waals surface area (Å²) in [6, 6.07) is 4.59. The van der Waals surface area contributed by atoms with Crippen molar-refractivity contribution in [2.24, 2.45) is 5.92 Å². The Morgan fingerprint density at radius 1 is 1.31 bits per heavy atom. The number of phenolic OH excluding ortho intramolecular Hbond substituents is 1. The minimum absolute atomic E-state index is 0.0916. The molecule has 3 unspecified atom stereocenters. The monoisotopic (exact) mass is 359 g/mol. The molecular formula is C21H29NO4. The van der Waals surface area contributed by atoms with Gasteiger partial charge in [-0.15, -0.1) is 0 Å². The number of likely N-dealkylation sites (tertiary alicyclic amines) is 1. The highest BCUT2D eigenvalue weighted by molar-refractivity contribution is 5.56. The summed E-state index contributed by atoms with van der Waals surface area (Å²) < 4.78 is 18.0. The normalized spacial score (nSPS) is 41.7. The molecule has 0 aromatic heterocycles. The van der Waals surface area contributed by atoms with Crippen LogP contribution in [0.15, 0.2) is 12.1 Å². The zero-order valence-electron chi connectivity index (χ0n) is 16.0. The van der Waals surface area contributed by atoms with Crippen LogP contribution in [0.3, 0.4) is 0 Å². The van der Waals surface area contributed by atoms with Gasteiger partial charge in [-0.3, -0.25) is 0 Å². The summed E-state index contributed by atoms with van der Waals surface area (Å²) >= 11 is 0. The first-order valence-electron chi connectivity index (χ1n) is 9.89. The van der Waals surface area contributed by atoms with E-state index in [0.29, 0.717) is 30.1 Å². The van der Waals surface area contributed by atoms with Crippen LogP contribution >= 0.6 is 0 Å². The maximum atomic E-state index is 11.1. The molecule has 2 bridgehead atoms. The van der Waals surface area contributed by atoms with Crippen LogP contribution < -0.4 is 4.74 Å². The highest BCUT2D eigenvalue weighted by Gasteiger charge is 2.61. The predicted molar refractivity (Wildman–Crippen MR) is 97.6 cm³/mol. The number of methoxy groups -OCH3 is 1. The number of aromatic hydroxyl groups is 1. The van der Waals surface area contributed by atoms with E-state index in [1.165, 1.54) is 5.56 Å². The lowest BCUT2D eigenvalue weighted by atomic mass is 9.51. The SMILES string of the molecule is COc1ccc2c(c1O)[C@]13CCN(C)[C@H](C2)C1CCC1(C3)OCC(C)O1. The Kier molecular flexibility index (Phi) is 3.63. The molecule has 3 fully saturated rings. The number of hydrogen-bond acceptors (Lipinski definition) is 5. The van der Waals surface area contributed by atoms with Gasteiger partial charge in [0.05, 0.1) is 19.8 Å². The van der Waals surface area contributed by atoms with Crippen LogP contribution in [0, 0.1) is 5.92 Å². The molecule has 5 rings (SSSR count). The second kappa shape index (κ2) is 5.60. The van der Waals surface area contributed by atoms with Gasteiger partial charge in [0, 0.05) is 29.9 Å². The standard InChI is InChI=1S/C21H29NO4/c1-13-11-25-21(26-13)7-6-15-16-10-14-4-5-17(24-3)19(23)18(14)20(15,12-21)8-9-22(16)2/h4-5,13,15-16,23H,6-12H2,1-3H3/t13?,15?,16-,20+,21?/m1/s1. The van der Waals surface area contributed by atoms with E-state index >= 15 is 0 Å². The molecule has 26 heavy (non-hydrogen) atoms. The second-order valence-electron chi connectivity index (χ2n) is 8.78. The van der Waals surface area contributed by atoms with Gasteiger partial charge in [-0.05, 0) is 57.3 Å². The van der Waals surface area contributed by atoms with Crippen LogP contribution in [0.2, 0.25) is 0 Å². The van der Waals surface area contributed by atoms with Crippen molar-refractivity contribution in [1.29, 1.82) is 0 Å². The summed E-state index contributed by atoms with van der Waals surface area (Å²) in [5, 5.41) is 11.1. The summed E-state index contributed by atoms with van der Waals surface area (Å²) in [7, 11) is 3.88. The Balaban J connectivity index is 1.67. The van der Waals surface area contributed by atoms with Crippen molar-refractivity contribution in [2.45, 2.75) is 62.4 Å². The molecule has 1 aromatic carbocycles. The van der Waals surface area contributed by atoms with E-state index in [-0.39, 0.29) is 11.5 Å². The first-order chi connectivity index (χ1) is 12.5. The summed E-state index contributed by atoms with van der Waals surface area (Å²) in [4.78, 5) is 2.52. The van der Waals surface area contributed by atoms with Gasteiger partial charge in [-0.2, -0.15) is 0 Å². The van der Waals surface area contributed by atoms with Crippen LogP contribution in [-0.4, -0.2) is 55.2 Å². The molecular weight excluding hydrogens is 330 g/mol. The van der Waals surface area contributed by atoms with E-state index < -0.39 is 5.79 Å². The molecule has 2 heterocycles. The van der Waals surface area contributed by atoms with Crippen molar-refractivity contribution in [3.05, 3.63) is 23.3 Å². The number of piperidine rings is 1. The number of benzene rings is 1. The minimum Gasteiger partial charge on any atom is -0.504 e. The largest absolute Gasteiger partial charge is 0.504 e. The minimum atomic E-state index is -0.486. The molecule has 4 aliphatic rings. The molecule has 5 atom stereocenters. The lowest BCUT2D eigenvalue weighted by Crippen LogP contribution is -2.63. The average molecular weight is 359 g/mol. The molecule has 2 saturated heterocycles. The fourth-order valence-electron chi connectivity index (χ4n) is 6.39. The van der Waals surface area contributed by atoms with Crippen molar-refractivity contribution in [3.63, 3.8) is 0 Å². The van der Waals surface area contributed by atoms with Crippen molar-refractivity contribution in [2.75, 3.05) is 27.3 Å². The first kappa shape index (κ1) is 16.8. The van der Waals surface area contributed by atoms with Gasteiger partial charge in [0.1, 0.15) is 0 Å². The number of ether oxygens (including phenoxy) is 3. The van der Waals surface area contributed by atoms with Crippen LogP contribution in [0.25, 0.3) is 0 Å². The van der Waals surface area contributed by atoms with Gasteiger partial charge in [-0.1, -0.05) is 6.07 Å². The average Bonchev–Trinajstić information content (AvgIpc) is 2.97. The van der Waals surface area contributed by atoms with Crippen molar-refractivity contribution < 1.29 is 19.3 Å². The highest BCUT2D eigenvalue weighted by atomic mass is 16.7. The summed E-state index contributed by atoms with van der Waals surface area (Å²) in [5.74, 6) is 0.956. The van der Waals surface area contributed by atoms with Gasteiger partial charge in [0.25, 0.3) is 0 Å². The number of rotatable bonds is 1. The summed E-state index contributed by atoms with van der Waals surface area (Å²) in [5.41, 5.74) is 2.28. The number of fused-ring (bicyclic) bond motifs is 1. The smallest absolute Gasteiger partial charge is 0.169 e. The van der Waals surface area contributed by atoms with Crippen LogP contribution in [-0.2, 0) is 21.3 Å². The number of likely N-dealkylation sites (N-methyl/N-ethyl adjacent to an activating group) is 1. The Hall–Kier alpha value is -1.30. The first-order valence-corrected chi connectivity index (χ1v) is 9.89. The molecule has 142 valence electrons. The highest BCUT2D eigenvalue weighted by Crippen LogP contribution is 2.62. The number of nitrogens with zero attached hydrogens (tertiary/aromatic N) is 1. The molecule has 5 nitrogen and oxygen atoms in total. The molecule has 1 spiro atoms. The van der Waals surface area contributed by atoms with Gasteiger partial charge in [0.15, 0.2) is 17.3 Å². The molecule has 5 heteroatoms. The number of phenols is 1. The lowest BCUT2D eigenvalue weighted by Gasteiger charge is -2.60. The van der Waals surface area contributed by atoms with E-state index in [1.54, 1.807) is 7.11 Å². The zero-order valence-corrected chi connectivity index (χ0v) is 16.0. The third-order valence-electron chi connectivity index (χ3n) is 7.44. The fraction of sp³-hybridized carbons (Fsp3) is 0.714. The molecule has 1 saturated carbocycles. The quantitative estimate of drug-likeness (QED) is 0.836. The maximum Gasteiger partial charge on any atom is 0.169 e. The van der Waals surface area contributed by atoms with Crippen molar-refractivity contribution >= 4 is 0 Å². The van der Waals surface area contributed by atoms with E-state index in [9.17, 15) is 5.11 Å². The molecule has 1 N–H and O–H groups in total. The van der Waals surface area contributed by atoms with Gasteiger partial charge in [-0.25, -0.2) is 0 Å². The lowest BCUT2D eigenvalue weighted by molar-refractivity contribution is -0.219. The van der Waals surface area contributed by atoms with E-state index in [1.807, 2.05) is 6.07 Å². The third-order valence-corrected chi connectivity index (χ3v) is 7.44. The topological polar surface area (TPSA) is 51.2 Å². The van der Waals surface area contributed by atoms with Gasteiger partial charge < -0.3 is 24.2 Å². The van der Waals surface area contributed by atoms with E-state index in [0.717, 1.165) is 44.2 Å². The molecule has 2 aliphatic carbocycles. The van der Waals surface area contributed by atoms with Crippen molar-refractivity contribution in [1.82, 2.24) is 4.90 Å². The van der Waals surface area contributed by atoms with Gasteiger partial charge in [0.2, 0.25) is 0 Å². The summed E-state index contributed by atoms with van der Waals surface area (Å²) in [6.07, 6.45) is 5.05. The molecule has 0 amide bonds. The maximum absolute atomic E-state index is 11.1. The Morgan fingerprint density at radius 2 is 2.15 bits per heavy atom. The van der Waals surface area contributed by atoms with Crippen LogP contribution in [0.5, 0.6) is 11.5 Å². The second-order valence-corrected chi connectivity index (χ2v) is 8.78. The van der Waals surface area contributed by atoms with Gasteiger partial charge >= 0.3 is 0 Å². The Morgan fingerprint density at radius 3 is 2.88 bits per heavy atom. The molecule has 0 radical (unpaired) electrons.